The molecule has 4 aromatic rings. The SMILES string of the molecule is O=S(=O)(c1cccc2ccccc12)N1CCC(c2nc(-c3ccccc3)no2)CC1. The van der Waals surface area contributed by atoms with Gasteiger partial charge in [0.1, 0.15) is 0 Å². The van der Waals surface area contributed by atoms with Gasteiger partial charge in [-0.15, -0.1) is 0 Å². The van der Waals surface area contributed by atoms with Crippen molar-refractivity contribution in [3.63, 3.8) is 0 Å². The minimum atomic E-state index is -3.57. The van der Waals surface area contributed by atoms with Crippen LogP contribution in [0.25, 0.3) is 22.2 Å². The first-order valence-corrected chi connectivity index (χ1v) is 11.4. The zero-order valence-electron chi connectivity index (χ0n) is 16.3. The Morgan fingerprint density at radius 3 is 2.37 bits per heavy atom. The normalized spacial score (nSPS) is 16.1. The molecule has 0 saturated carbocycles. The molecule has 0 unspecified atom stereocenters. The molecule has 2 heterocycles. The Labute approximate surface area is 175 Å². The summed E-state index contributed by atoms with van der Waals surface area (Å²) in [6, 6.07) is 22.7. The van der Waals surface area contributed by atoms with Gasteiger partial charge in [-0.1, -0.05) is 71.9 Å². The maximum atomic E-state index is 13.3. The van der Waals surface area contributed by atoms with E-state index in [0.717, 1.165) is 16.3 Å². The summed E-state index contributed by atoms with van der Waals surface area (Å²) in [5, 5.41) is 5.77. The molecule has 0 radical (unpaired) electrons. The van der Waals surface area contributed by atoms with Crippen molar-refractivity contribution in [1.29, 1.82) is 0 Å². The highest BCUT2D eigenvalue weighted by Gasteiger charge is 2.33. The molecule has 0 bridgehead atoms. The largest absolute Gasteiger partial charge is 0.339 e. The molecule has 152 valence electrons. The fourth-order valence-corrected chi connectivity index (χ4v) is 5.69. The van der Waals surface area contributed by atoms with Crippen molar-refractivity contribution in [2.45, 2.75) is 23.7 Å². The van der Waals surface area contributed by atoms with Gasteiger partial charge in [-0.05, 0) is 24.3 Å². The highest BCUT2D eigenvalue weighted by Crippen LogP contribution is 2.32. The number of piperidine rings is 1. The van der Waals surface area contributed by atoms with Gasteiger partial charge in [-0.25, -0.2) is 8.42 Å². The summed E-state index contributed by atoms with van der Waals surface area (Å²) in [5.41, 5.74) is 0.906. The summed E-state index contributed by atoms with van der Waals surface area (Å²) in [6.45, 7) is 0.860. The summed E-state index contributed by atoms with van der Waals surface area (Å²) in [7, 11) is -3.57. The van der Waals surface area contributed by atoms with Crippen LogP contribution in [0.3, 0.4) is 0 Å². The van der Waals surface area contributed by atoms with Gasteiger partial charge < -0.3 is 4.52 Å². The lowest BCUT2D eigenvalue weighted by molar-refractivity contribution is 0.271. The van der Waals surface area contributed by atoms with Gasteiger partial charge in [-0.2, -0.15) is 9.29 Å². The van der Waals surface area contributed by atoms with Crippen LogP contribution in [0.1, 0.15) is 24.7 Å². The van der Waals surface area contributed by atoms with Gasteiger partial charge in [-0.3, -0.25) is 0 Å². The van der Waals surface area contributed by atoms with E-state index >= 15 is 0 Å². The molecule has 30 heavy (non-hydrogen) atoms. The van der Waals surface area contributed by atoms with Crippen LogP contribution in [0, 0.1) is 0 Å². The van der Waals surface area contributed by atoms with Crippen molar-refractivity contribution in [2.24, 2.45) is 0 Å². The molecule has 0 N–H and O–H groups in total. The van der Waals surface area contributed by atoms with E-state index in [9.17, 15) is 8.42 Å². The van der Waals surface area contributed by atoms with Crippen LogP contribution >= 0.6 is 0 Å². The Kier molecular flexibility index (Phi) is 4.84. The van der Waals surface area contributed by atoms with E-state index in [1.807, 2.05) is 60.7 Å². The summed E-state index contributed by atoms with van der Waals surface area (Å²) in [4.78, 5) is 4.91. The van der Waals surface area contributed by atoms with Crippen molar-refractivity contribution < 1.29 is 12.9 Å². The average Bonchev–Trinajstić information content (AvgIpc) is 3.30. The van der Waals surface area contributed by atoms with Gasteiger partial charge in [0.25, 0.3) is 0 Å². The maximum absolute atomic E-state index is 13.3. The Bertz CT molecular complexity index is 1270. The van der Waals surface area contributed by atoms with Gasteiger partial charge in [0.05, 0.1) is 4.90 Å². The van der Waals surface area contributed by atoms with E-state index in [1.165, 1.54) is 0 Å². The second-order valence-electron chi connectivity index (χ2n) is 7.48. The molecular weight excluding hydrogens is 398 g/mol. The average molecular weight is 420 g/mol. The van der Waals surface area contributed by atoms with Gasteiger partial charge in [0.2, 0.25) is 21.7 Å². The second-order valence-corrected chi connectivity index (χ2v) is 9.38. The third kappa shape index (κ3) is 3.40. The number of rotatable bonds is 4. The number of fused-ring (bicyclic) bond motifs is 1. The molecule has 0 aliphatic carbocycles. The first kappa shape index (κ1) is 19.0. The molecule has 7 heteroatoms. The first-order valence-electron chi connectivity index (χ1n) is 10.00. The van der Waals surface area contributed by atoms with Crippen LogP contribution in [0.5, 0.6) is 0 Å². The molecule has 1 aliphatic heterocycles. The molecular formula is C23H21N3O3S. The number of hydrogen-bond acceptors (Lipinski definition) is 5. The van der Waals surface area contributed by atoms with Crippen molar-refractivity contribution in [1.82, 2.24) is 14.4 Å². The van der Waals surface area contributed by atoms with E-state index < -0.39 is 10.0 Å². The Morgan fingerprint density at radius 2 is 1.57 bits per heavy atom. The minimum absolute atomic E-state index is 0.0638. The predicted octanol–water partition coefficient (Wildman–Crippen LogP) is 4.46. The van der Waals surface area contributed by atoms with Crippen LogP contribution in [-0.4, -0.2) is 36.0 Å². The molecule has 0 atom stereocenters. The lowest BCUT2D eigenvalue weighted by Gasteiger charge is -2.29. The van der Waals surface area contributed by atoms with E-state index in [1.54, 1.807) is 16.4 Å². The van der Waals surface area contributed by atoms with Crippen molar-refractivity contribution in [3.05, 3.63) is 78.7 Å². The van der Waals surface area contributed by atoms with Crippen LogP contribution in [0.15, 0.2) is 82.2 Å². The number of hydrogen-bond donors (Lipinski definition) is 0. The minimum Gasteiger partial charge on any atom is -0.339 e. The molecule has 1 aromatic heterocycles. The third-order valence-corrected chi connectivity index (χ3v) is 7.60. The number of benzene rings is 3. The zero-order valence-corrected chi connectivity index (χ0v) is 17.1. The second kappa shape index (κ2) is 7.66. The predicted molar refractivity (Wildman–Crippen MR) is 114 cm³/mol. The highest BCUT2D eigenvalue weighted by molar-refractivity contribution is 7.89. The monoisotopic (exact) mass is 419 g/mol. The smallest absolute Gasteiger partial charge is 0.243 e. The topological polar surface area (TPSA) is 76.3 Å². The number of nitrogens with zero attached hydrogens (tertiary/aromatic N) is 3. The summed E-state index contributed by atoms with van der Waals surface area (Å²) in [6.07, 6.45) is 1.31. The molecule has 0 spiro atoms. The Balaban J connectivity index is 1.34. The van der Waals surface area contributed by atoms with Gasteiger partial charge in [0, 0.05) is 30.0 Å². The molecule has 3 aromatic carbocycles. The molecule has 6 nitrogen and oxygen atoms in total. The van der Waals surface area contributed by atoms with E-state index in [-0.39, 0.29) is 5.92 Å². The number of aromatic nitrogens is 2. The molecule has 5 rings (SSSR count). The van der Waals surface area contributed by atoms with Crippen molar-refractivity contribution in [2.75, 3.05) is 13.1 Å². The highest BCUT2D eigenvalue weighted by atomic mass is 32.2. The number of sulfonamides is 1. The summed E-state index contributed by atoms with van der Waals surface area (Å²) < 4.78 is 33.7. The third-order valence-electron chi connectivity index (χ3n) is 5.64. The van der Waals surface area contributed by atoms with Crippen LogP contribution < -0.4 is 0 Å². The standard InChI is InChI=1S/C23H21N3O3S/c27-30(28,21-12-6-10-17-7-4-5-11-20(17)21)26-15-13-19(14-16-26)23-24-22(25-29-23)18-8-2-1-3-9-18/h1-12,19H,13-16H2. The van der Waals surface area contributed by atoms with Gasteiger partial charge in [0.15, 0.2) is 0 Å². The van der Waals surface area contributed by atoms with Crippen LogP contribution in [0.4, 0.5) is 0 Å². The molecule has 1 aliphatic rings. The molecule has 0 amide bonds. The van der Waals surface area contributed by atoms with Crippen LogP contribution in [0.2, 0.25) is 0 Å². The summed E-state index contributed by atoms with van der Waals surface area (Å²) in [5.74, 6) is 1.21. The first-order chi connectivity index (χ1) is 14.6. The fourth-order valence-electron chi connectivity index (χ4n) is 4.01. The lowest BCUT2D eigenvalue weighted by atomic mass is 9.98. The fraction of sp³-hybridized carbons (Fsp3) is 0.217. The van der Waals surface area contributed by atoms with E-state index in [4.69, 9.17) is 4.52 Å². The van der Waals surface area contributed by atoms with E-state index in [2.05, 4.69) is 10.1 Å². The van der Waals surface area contributed by atoms with Gasteiger partial charge >= 0.3 is 0 Å². The van der Waals surface area contributed by atoms with E-state index in [0.29, 0.717) is 42.5 Å². The maximum Gasteiger partial charge on any atom is 0.243 e. The molecule has 1 fully saturated rings. The Hall–Kier alpha value is -3.03. The Morgan fingerprint density at radius 1 is 0.867 bits per heavy atom. The lowest BCUT2D eigenvalue weighted by Crippen LogP contribution is -2.38. The quantitative estimate of drug-likeness (QED) is 0.488. The van der Waals surface area contributed by atoms with Crippen molar-refractivity contribution in [3.8, 4) is 11.4 Å². The summed E-state index contributed by atoms with van der Waals surface area (Å²) >= 11 is 0. The van der Waals surface area contributed by atoms with Crippen molar-refractivity contribution >= 4 is 20.8 Å². The molecule has 1 saturated heterocycles. The van der Waals surface area contributed by atoms with Crippen LogP contribution in [-0.2, 0) is 10.0 Å². The zero-order chi connectivity index (χ0) is 20.6.